The second kappa shape index (κ2) is 7.40. The molecule has 0 aliphatic heterocycles. The first-order chi connectivity index (χ1) is 10.0. The molecular weight excluding hydrogens is 353 g/mol. The van der Waals surface area contributed by atoms with Crippen LogP contribution in [0.2, 0.25) is 15.1 Å². The van der Waals surface area contributed by atoms with Crippen molar-refractivity contribution in [1.82, 2.24) is 9.55 Å². The molecule has 0 aliphatic rings. The molecule has 0 bridgehead atoms. The molecule has 112 valence electrons. The van der Waals surface area contributed by atoms with E-state index in [1.807, 2.05) is 17.7 Å². The van der Waals surface area contributed by atoms with Crippen molar-refractivity contribution in [3.8, 4) is 0 Å². The first-order valence-corrected chi connectivity index (χ1v) is 8.21. The number of imidazole rings is 1. The fourth-order valence-corrected chi connectivity index (χ4v) is 3.38. The summed E-state index contributed by atoms with van der Waals surface area (Å²) in [6.07, 6.45) is 3.57. The Morgan fingerprint density at radius 3 is 2.62 bits per heavy atom. The Kier molecular flexibility index (Phi) is 5.81. The maximum absolute atomic E-state index is 12.0. The number of nitrogens with one attached hydrogen (secondary N) is 1. The molecule has 0 atom stereocenters. The number of benzene rings is 1. The Bertz CT molecular complexity index is 637. The summed E-state index contributed by atoms with van der Waals surface area (Å²) in [5.41, 5.74) is 0.368. The van der Waals surface area contributed by atoms with Crippen molar-refractivity contribution < 1.29 is 4.79 Å². The zero-order chi connectivity index (χ0) is 15.4. The summed E-state index contributed by atoms with van der Waals surface area (Å²) in [5, 5.41) is 4.51. The Hall–Kier alpha value is -0.880. The van der Waals surface area contributed by atoms with Crippen LogP contribution in [0.25, 0.3) is 0 Å². The lowest BCUT2D eigenvalue weighted by atomic mass is 10.3. The van der Waals surface area contributed by atoms with Gasteiger partial charge in [-0.3, -0.25) is 4.79 Å². The predicted molar refractivity (Wildman–Crippen MR) is 88.7 cm³/mol. The Balaban J connectivity index is 1.99. The molecule has 4 nitrogen and oxygen atoms in total. The van der Waals surface area contributed by atoms with Crippen LogP contribution in [0.5, 0.6) is 0 Å². The third-order valence-corrected chi connectivity index (χ3v) is 4.44. The molecule has 2 aromatic rings. The van der Waals surface area contributed by atoms with E-state index in [0.29, 0.717) is 20.8 Å². The SMILES string of the molecule is CCn1ccnc1SCC(=O)Nc1c(Cl)cc(Cl)cc1Cl. The van der Waals surface area contributed by atoms with Gasteiger partial charge in [-0.25, -0.2) is 4.98 Å². The van der Waals surface area contributed by atoms with Crippen molar-refractivity contribution in [2.75, 3.05) is 11.1 Å². The number of halogens is 3. The van der Waals surface area contributed by atoms with E-state index >= 15 is 0 Å². The topological polar surface area (TPSA) is 46.9 Å². The Morgan fingerprint density at radius 2 is 2.00 bits per heavy atom. The minimum absolute atomic E-state index is 0.211. The number of amides is 1. The molecule has 0 spiro atoms. The summed E-state index contributed by atoms with van der Waals surface area (Å²) in [6.45, 7) is 2.82. The van der Waals surface area contributed by atoms with E-state index in [0.717, 1.165) is 11.7 Å². The monoisotopic (exact) mass is 363 g/mol. The maximum Gasteiger partial charge on any atom is 0.234 e. The number of anilines is 1. The number of rotatable bonds is 5. The lowest BCUT2D eigenvalue weighted by Gasteiger charge is -2.10. The smallest absolute Gasteiger partial charge is 0.234 e. The number of carbonyl (C=O) groups excluding carboxylic acids is 1. The summed E-state index contributed by atoms with van der Waals surface area (Å²) in [7, 11) is 0. The summed E-state index contributed by atoms with van der Waals surface area (Å²) in [4.78, 5) is 16.2. The molecule has 0 saturated heterocycles. The largest absolute Gasteiger partial charge is 0.326 e. The van der Waals surface area contributed by atoms with Gasteiger partial charge in [0, 0.05) is 24.0 Å². The van der Waals surface area contributed by atoms with Crippen LogP contribution in [0.15, 0.2) is 29.7 Å². The second-order valence-electron chi connectivity index (χ2n) is 4.08. The highest BCUT2D eigenvalue weighted by Gasteiger charge is 2.12. The highest BCUT2D eigenvalue weighted by molar-refractivity contribution is 7.99. The van der Waals surface area contributed by atoms with Gasteiger partial charge in [-0.2, -0.15) is 0 Å². The first kappa shape index (κ1) is 16.5. The summed E-state index contributed by atoms with van der Waals surface area (Å²) < 4.78 is 1.96. The third kappa shape index (κ3) is 4.30. The molecule has 1 amide bonds. The van der Waals surface area contributed by atoms with Crippen LogP contribution in [-0.2, 0) is 11.3 Å². The van der Waals surface area contributed by atoms with Crippen molar-refractivity contribution in [3.63, 3.8) is 0 Å². The van der Waals surface area contributed by atoms with E-state index in [4.69, 9.17) is 34.8 Å². The number of aromatic nitrogens is 2. The summed E-state index contributed by atoms with van der Waals surface area (Å²) >= 11 is 19.2. The molecule has 0 aliphatic carbocycles. The third-order valence-electron chi connectivity index (χ3n) is 2.62. The van der Waals surface area contributed by atoms with Crippen LogP contribution in [-0.4, -0.2) is 21.2 Å². The molecule has 1 aromatic heterocycles. The maximum atomic E-state index is 12.0. The highest BCUT2D eigenvalue weighted by atomic mass is 35.5. The van der Waals surface area contributed by atoms with Crippen molar-refractivity contribution in [3.05, 3.63) is 39.6 Å². The van der Waals surface area contributed by atoms with Crippen LogP contribution >= 0.6 is 46.6 Å². The van der Waals surface area contributed by atoms with Crippen molar-refractivity contribution >= 4 is 58.2 Å². The normalized spacial score (nSPS) is 10.7. The summed E-state index contributed by atoms with van der Waals surface area (Å²) in [5.74, 6) is 0.00326. The molecule has 1 heterocycles. The fourth-order valence-electron chi connectivity index (χ4n) is 1.64. The number of nitrogens with zero attached hydrogens (tertiary/aromatic N) is 2. The number of thioether (sulfide) groups is 1. The average Bonchev–Trinajstić information content (AvgIpc) is 2.88. The van der Waals surface area contributed by atoms with Crippen molar-refractivity contribution in [1.29, 1.82) is 0 Å². The van der Waals surface area contributed by atoms with Gasteiger partial charge in [-0.15, -0.1) is 0 Å². The van der Waals surface area contributed by atoms with Gasteiger partial charge in [-0.05, 0) is 19.1 Å². The Labute approximate surface area is 141 Å². The van der Waals surface area contributed by atoms with E-state index < -0.39 is 0 Å². The summed E-state index contributed by atoms with van der Waals surface area (Å²) in [6, 6.07) is 3.06. The molecule has 0 unspecified atom stereocenters. The number of hydrogen-bond donors (Lipinski definition) is 1. The predicted octanol–water partition coefficient (Wildman–Crippen LogP) is 4.59. The molecule has 0 fully saturated rings. The van der Waals surface area contributed by atoms with Gasteiger partial charge in [0.25, 0.3) is 0 Å². The molecule has 8 heteroatoms. The lowest BCUT2D eigenvalue weighted by molar-refractivity contribution is -0.113. The fraction of sp³-hybridized carbons (Fsp3) is 0.231. The zero-order valence-corrected chi connectivity index (χ0v) is 14.2. The first-order valence-electron chi connectivity index (χ1n) is 6.09. The second-order valence-corrected chi connectivity index (χ2v) is 6.27. The van der Waals surface area contributed by atoms with Gasteiger partial charge in [0.1, 0.15) is 0 Å². The van der Waals surface area contributed by atoms with Crippen molar-refractivity contribution in [2.45, 2.75) is 18.6 Å². The van der Waals surface area contributed by atoms with Crippen LogP contribution in [0, 0.1) is 0 Å². The van der Waals surface area contributed by atoms with Gasteiger partial charge in [0.05, 0.1) is 21.5 Å². The van der Waals surface area contributed by atoms with Gasteiger partial charge in [0.15, 0.2) is 5.16 Å². The van der Waals surface area contributed by atoms with Gasteiger partial charge in [-0.1, -0.05) is 46.6 Å². The number of aryl methyl sites for hydroxylation is 1. The minimum atomic E-state index is -0.211. The van der Waals surface area contributed by atoms with E-state index in [1.54, 1.807) is 6.20 Å². The molecule has 0 radical (unpaired) electrons. The van der Waals surface area contributed by atoms with Crippen LogP contribution in [0.3, 0.4) is 0 Å². The standard InChI is InChI=1S/C13H12Cl3N3OS/c1-2-19-4-3-17-13(19)21-7-11(20)18-12-9(15)5-8(14)6-10(12)16/h3-6H,2,7H2,1H3,(H,18,20). The van der Waals surface area contributed by atoms with Crippen molar-refractivity contribution in [2.24, 2.45) is 0 Å². The van der Waals surface area contributed by atoms with E-state index in [9.17, 15) is 4.79 Å². The van der Waals surface area contributed by atoms with E-state index in [1.165, 1.54) is 23.9 Å². The van der Waals surface area contributed by atoms with Crippen LogP contribution in [0.4, 0.5) is 5.69 Å². The lowest BCUT2D eigenvalue weighted by Crippen LogP contribution is -2.15. The van der Waals surface area contributed by atoms with Gasteiger partial charge in [0.2, 0.25) is 5.91 Å². The number of hydrogen-bond acceptors (Lipinski definition) is 3. The van der Waals surface area contributed by atoms with Gasteiger partial charge < -0.3 is 9.88 Å². The van der Waals surface area contributed by atoms with Crippen LogP contribution < -0.4 is 5.32 Å². The minimum Gasteiger partial charge on any atom is -0.326 e. The molecule has 21 heavy (non-hydrogen) atoms. The molecule has 0 saturated carbocycles. The molecular formula is C13H12Cl3N3OS. The average molecular weight is 365 g/mol. The zero-order valence-electron chi connectivity index (χ0n) is 11.1. The van der Waals surface area contributed by atoms with E-state index in [-0.39, 0.29) is 11.7 Å². The molecule has 1 aromatic carbocycles. The quantitative estimate of drug-likeness (QED) is 0.789. The number of carbonyl (C=O) groups is 1. The molecule has 2 rings (SSSR count). The Morgan fingerprint density at radius 1 is 1.33 bits per heavy atom. The highest BCUT2D eigenvalue weighted by Crippen LogP contribution is 2.33. The molecule has 1 N–H and O–H groups in total. The van der Waals surface area contributed by atoms with Crippen LogP contribution in [0.1, 0.15) is 6.92 Å². The van der Waals surface area contributed by atoms with Gasteiger partial charge >= 0.3 is 0 Å². The van der Waals surface area contributed by atoms with E-state index in [2.05, 4.69) is 10.3 Å².